The molecule has 2 heteroatoms. The largest absolute Gasteiger partial charge is 0.371 e. The third kappa shape index (κ3) is 2.64. The third-order valence-electron chi connectivity index (χ3n) is 4.94. The van der Waals surface area contributed by atoms with Gasteiger partial charge >= 0.3 is 0 Å². The summed E-state index contributed by atoms with van der Waals surface area (Å²) in [5.74, 6) is 1.77. The fourth-order valence-electron chi connectivity index (χ4n) is 3.62. The Kier molecular flexibility index (Phi) is 3.79. The zero-order valence-electron chi connectivity index (χ0n) is 12.3. The highest BCUT2D eigenvalue weighted by molar-refractivity contribution is 5.58. The lowest BCUT2D eigenvalue weighted by Gasteiger charge is -2.37. The molecule has 1 aromatic carbocycles. The molecular formula is C17H26N2. The molecule has 2 nitrogen and oxygen atoms in total. The van der Waals surface area contributed by atoms with Crippen LogP contribution in [0.5, 0.6) is 0 Å². The molecule has 1 saturated heterocycles. The Morgan fingerprint density at radius 2 is 2.00 bits per heavy atom. The number of nitrogens with zero attached hydrogens (tertiary/aromatic N) is 1. The fraction of sp³-hybridized carbons (Fsp3) is 0.647. The van der Waals surface area contributed by atoms with Crippen LogP contribution >= 0.6 is 0 Å². The molecule has 0 unspecified atom stereocenters. The van der Waals surface area contributed by atoms with Gasteiger partial charge in [0.05, 0.1) is 0 Å². The molecule has 1 N–H and O–H groups in total. The Morgan fingerprint density at radius 3 is 2.74 bits per heavy atom. The maximum absolute atomic E-state index is 3.47. The highest BCUT2D eigenvalue weighted by atomic mass is 15.1. The number of piperidine rings is 1. The van der Waals surface area contributed by atoms with E-state index in [1.165, 1.54) is 43.6 Å². The standard InChI is InChI=1S/C17H26N2/c1-13(2)14-7-10-19(11-8-14)17-5-3-4-15-12-18-9-6-16(15)17/h3-5,13-14,18H,6-12H2,1-2H3. The lowest BCUT2D eigenvalue weighted by Crippen LogP contribution is -2.36. The number of rotatable bonds is 2. The molecule has 0 spiro atoms. The second-order valence-electron chi connectivity index (χ2n) is 6.41. The Bertz CT molecular complexity index is 431. The molecule has 1 aromatic rings. The van der Waals surface area contributed by atoms with Gasteiger partial charge in [-0.25, -0.2) is 0 Å². The molecule has 0 saturated carbocycles. The highest BCUT2D eigenvalue weighted by Crippen LogP contribution is 2.32. The molecule has 0 atom stereocenters. The zero-order valence-corrected chi connectivity index (χ0v) is 12.3. The predicted molar refractivity (Wildman–Crippen MR) is 81.6 cm³/mol. The van der Waals surface area contributed by atoms with Crippen LogP contribution in [0.15, 0.2) is 18.2 Å². The van der Waals surface area contributed by atoms with Crippen molar-refractivity contribution in [3.63, 3.8) is 0 Å². The summed E-state index contributed by atoms with van der Waals surface area (Å²) in [6.45, 7) is 9.41. The molecule has 2 heterocycles. The average Bonchev–Trinajstić information content (AvgIpc) is 2.47. The van der Waals surface area contributed by atoms with Crippen molar-refractivity contribution >= 4 is 5.69 Å². The Balaban J connectivity index is 1.77. The molecule has 2 aliphatic rings. The molecule has 3 rings (SSSR count). The smallest absolute Gasteiger partial charge is 0.0402 e. The van der Waals surface area contributed by atoms with Crippen molar-refractivity contribution in [3.8, 4) is 0 Å². The van der Waals surface area contributed by atoms with Gasteiger partial charge in [-0.3, -0.25) is 0 Å². The van der Waals surface area contributed by atoms with Gasteiger partial charge in [0.2, 0.25) is 0 Å². The van der Waals surface area contributed by atoms with Crippen molar-refractivity contribution in [2.24, 2.45) is 11.8 Å². The first-order chi connectivity index (χ1) is 9.25. The number of hydrogen-bond donors (Lipinski definition) is 1. The molecule has 1 fully saturated rings. The summed E-state index contributed by atoms with van der Waals surface area (Å²) < 4.78 is 0. The minimum atomic E-state index is 0.844. The van der Waals surface area contributed by atoms with E-state index in [0.717, 1.165) is 24.9 Å². The Morgan fingerprint density at radius 1 is 1.21 bits per heavy atom. The summed E-state index contributed by atoms with van der Waals surface area (Å²) in [6.07, 6.45) is 3.91. The van der Waals surface area contributed by atoms with E-state index in [0.29, 0.717) is 0 Å². The Hall–Kier alpha value is -1.02. The van der Waals surface area contributed by atoms with Gasteiger partial charge in [-0.1, -0.05) is 26.0 Å². The minimum Gasteiger partial charge on any atom is -0.371 e. The molecule has 104 valence electrons. The van der Waals surface area contributed by atoms with Crippen LogP contribution in [0.25, 0.3) is 0 Å². The first-order valence-electron chi connectivity index (χ1n) is 7.82. The van der Waals surface area contributed by atoms with Gasteiger partial charge in [0.1, 0.15) is 0 Å². The van der Waals surface area contributed by atoms with E-state index in [-0.39, 0.29) is 0 Å². The van der Waals surface area contributed by atoms with Gasteiger partial charge in [-0.15, -0.1) is 0 Å². The van der Waals surface area contributed by atoms with Crippen LogP contribution in [-0.4, -0.2) is 19.6 Å². The van der Waals surface area contributed by atoms with Crippen LogP contribution in [0.4, 0.5) is 5.69 Å². The molecule has 0 aliphatic carbocycles. The normalized spacial score (nSPS) is 20.7. The molecule has 0 amide bonds. The van der Waals surface area contributed by atoms with Gasteiger partial charge in [0, 0.05) is 25.3 Å². The van der Waals surface area contributed by atoms with Gasteiger partial charge in [0.25, 0.3) is 0 Å². The van der Waals surface area contributed by atoms with Crippen LogP contribution in [0, 0.1) is 11.8 Å². The van der Waals surface area contributed by atoms with Crippen molar-refractivity contribution < 1.29 is 0 Å². The number of nitrogens with one attached hydrogen (secondary N) is 1. The maximum atomic E-state index is 3.47. The summed E-state index contributed by atoms with van der Waals surface area (Å²) in [6, 6.07) is 6.85. The molecule has 2 aliphatic heterocycles. The first-order valence-corrected chi connectivity index (χ1v) is 7.82. The summed E-state index contributed by atoms with van der Waals surface area (Å²) in [5.41, 5.74) is 4.63. The number of benzene rings is 1. The molecule has 0 aromatic heterocycles. The van der Waals surface area contributed by atoms with Crippen LogP contribution in [0.2, 0.25) is 0 Å². The summed E-state index contributed by atoms with van der Waals surface area (Å²) in [5, 5.41) is 3.47. The van der Waals surface area contributed by atoms with E-state index >= 15 is 0 Å². The lowest BCUT2D eigenvalue weighted by atomic mass is 9.86. The third-order valence-corrected chi connectivity index (χ3v) is 4.94. The molecule has 19 heavy (non-hydrogen) atoms. The van der Waals surface area contributed by atoms with Gasteiger partial charge < -0.3 is 10.2 Å². The maximum Gasteiger partial charge on any atom is 0.0402 e. The minimum absolute atomic E-state index is 0.844. The summed E-state index contributed by atoms with van der Waals surface area (Å²) >= 11 is 0. The molecular weight excluding hydrogens is 232 g/mol. The van der Waals surface area contributed by atoms with E-state index in [1.54, 1.807) is 5.56 Å². The molecule has 0 radical (unpaired) electrons. The number of fused-ring (bicyclic) bond motifs is 1. The van der Waals surface area contributed by atoms with E-state index in [9.17, 15) is 0 Å². The van der Waals surface area contributed by atoms with Crippen molar-refractivity contribution in [1.29, 1.82) is 0 Å². The van der Waals surface area contributed by atoms with Crippen LogP contribution in [0.3, 0.4) is 0 Å². The lowest BCUT2D eigenvalue weighted by molar-refractivity contribution is 0.311. The summed E-state index contributed by atoms with van der Waals surface area (Å²) in [7, 11) is 0. The van der Waals surface area contributed by atoms with Gasteiger partial charge in [-0.2, -0.15) is 0 Å². The van der Waals surface area contributed by atoms with Crippen molar-refractivity contribution in [2.75, 3.05) is 24.5 Å². The van der Waals surface area contributed by atoms with E-state index < -0.39 is 0 Å². The highest BCUT2D eigenvalue weighted by Gasteiger charge is 2.24. The number of hydrogen-bond acceptors (Lipinski definition) is 2. The molecule has 0 bridgehead atoms. The van der Waals surface area contributed by atoms with Crippen LogP contribution in [0.1, 0.15) is 37.8 Å². The summed E-state index contributed by atoms with van der Waals surface area (Å²) in [4.78, 5) is 2.63. The van der Waals surface area contributed by atoms with Gasteiger partial charge in [0.15, 0.2) is 0 Å². The zero-order chi connectivity index (χ0) is 13.2. The van der Waals surface area contributed by atoms with Crippen molar-refractivity contribution in [3.05, 3.63) is 29.3 Å². The second kappa shape index (κ2) is 5.54. The Labute approximate surface area is 117 Å². The van der Waals surface area contributed by atoms with E-state index in [1.807, 2.05) is 0 Å². The quantitative estimate of drug-likeness (QED) is 0.876. The monoisotopic (exact) mass is 258 g/mol. The van der Waals surface area contributed by atoms with Crippen LogP contribution in [-0.2, 0) is 13.0 Å². The van der Waals surface area contributed by atoms with E-state index in [2.05, 4.69) is 42.3 Å². The number of anilines is 1. The predicted octanol–water partition coefficient (Wildman–Crippen LogP) is 3.20. The van der Waals surface area contributed by atoms with E-state index in [4.69, 9.17) is 0 Å². The van der Waals surface area contributed by atoms with Crippen molar-refractivity contribution in [1.82, 2.24) is 5.32 Å². The SMILES string of the molecule is CC(C)C1CCN(c2cccc3c2CCNC3)CC1. The second-order valence-corrected chi connectivity index (χ2v) is 6.41. The van der Waals surface area contributed by atoms with Crippen molar-refractivity contribution in [2.45, 2.75) is 39.7 Å². The fourth-order valence-corrected chi connectivity index (χ4v) is 3.62. The van der Waals surface area contributed by atoms with Gasteiger partial charge in [-0.05, 0) is 54.8 Å². The van der Waals surface area contributed by atoms with Crippen LogP contribution < -0.4 is 10.2 Å². The first kappa shape index (κ1) is 13.0. The average molecular weight is 258 g/mol. The topological polar surface area (TPSA) is 15.3 Å².